The SMILES string of the molecule is CC.COc1ccc([C@H](CC(=O)O)NC(=O)C(N)CC(=O)Nc2ccc(NC(=O)Nc3ccccc3C)cc2)cc1OC. The van der Waals surface area contributed by atoms with E-state index in [9.17, 15) is 24.3 Å². The lowest BCUT2D eigenvalue weighted by Gasteiger charge is -2.21. The summed E-state index contributed by atoms with van der Waals surface area (Å²) in [6, 6.07) is 16.0. The number of urea groups is 1. The maximum Gasteiger partial charge on any atom is 0.323 e. The number of carboxylic acids is 1. The van der Waals surface area contributed by atoms with E-state index in [-0.39, 0.29) is 6.42 Å². The Balaban J connectivity index is 0.00000316. The summed E-state index contributed by atoms with van der Waals surface area (Å²) >= 11 is 0. The van der Waals surface area contributed by atoms with Gasteiger partial charge in [-0.25, -0.2) is 4.79 Å². The average molecular weight is 594 g/mol. The summed E-state index contributed by atoms with van der Waals surface area (Å²) in [5.74, 6) is -1.54. The Morgan fingerprint density at radius 1 is 0.814 bits per heavy atom. The molecule has 1 unspecified atom stereocenters. The third-order valence-electron chi connectivity index (χ3n) is 6.07. The maximum absolute atomic E-state index is 12.8. The van der Waals surface area contributed by atoms with Gasteiger partial charge in [0, 0.05) is 17.1 Å². The van der Waals surface area contributed by atoms with Gasteiger partial charge in [0.2, 0.25) is 11.8 Å². The molecule has 0 aromatic heterocycles. The van der Waals surface area contributed by atoms with Crippen LogP contribution in [-0.4, -0.2) is 49.2 Å². The second kappa shape index (κ2) is 17.0. The molecule has 43 heavy (non-hydrogen) atoms. The molecule has 0 aliphatic rings. The van der Waals surface area contributed by atoms with E-state index in [2.05, 4.69) is 21.3 Å². The minimum Gasteiger partial charge on any atom is -0.493 e. The zero-order chi connectivity index (χ0) is 31.9. The van der Waals surface area contributed by atoms with Crippen LogP contribution in [0.2, 0.25) is 0 Å². The van der Waals surface area contributed by atoms with Crippen molar-refractivity contribution >= 4 is 40.9 Å². The molecule has 0 spiro atoms. The molecule has 3 rings (SSSR count). The number of amides is 4. The summed E-state index contributed by atoms with van der Waals surface area (Å²) in [5.41, 5.74) is 8.98. The number of carbonyl (C=O) groups is 4. The van der Waals surface area contributed by atoms with Crippen molar-refractivity contribution < 1.29 is 33.8 Å². The number of carboxylic acid groups (broad SMARTS) is 1. The first-order valence-corrected chi connectivity index (χ1v) is 13.6. The molecule has 12 heteroatoms. The maximum atomic E-state index is 12.8. The summed E-state index contributed by atoms with van der Waals surface area (Å²) < 4.78 is 10.5. The lowest BCUT2D eigenvalue weighted by molar-refractivity contribution is -0.138. The Labute approximate surface area is 251 Å². The number of aryl methyl sites for hydroxylation is 1. The van der Waals surface area contributed by atoms with Gasteiger partial charge in [0.05, 0.1) is 39.1 Å². The second-order valence-electron chi connectivity index (χ2n) is 9.10. The molecule has 2 atom stereocenters. The van der Waals surface area contributed by atoms with E-state index in [4.69, 9.17) is 15.2 Å². The number of para-hydroxylation sites is 1. The summed E-state index contributed by atoms with van der Waals surface area (Å²) in [7, 11) is 2.91. The Hall–Kier alpha value is -5.10. The molecule has 0 radical (unpaired) electrons. The van der Waals surface area contributed by atoms with E-state index in [0.717, 1.165) is 5.56 Å². The number of hydrogen-bond donors (Lipinski definition) is 6. The number of benzene rings is 3. The molecule has 12 nitrogen and oxygen atoms in total. The van der Waals surface area contributed by atoms with Crippen LogP contribution in [0.5, 0.6) is 11.5 Å². The molecular formula is C31H39N5O7. The third-order valence-corrected chi connectivity index (χ3v) is 6.07. The van der Waals surface area contributed by atoms with Gasteiger partial charge in [0.15, 0.2) is 11.5 Å². The molecule has 3 aromatic rings. The monoisotopic (exact) mass is 593 g/mol. The van der Waals surface area contributed by atoms with Crippen molar-refractivity contribution in [2.24, 2.45) is 5.73 Å². The fraction of sp³-hybridized carbons (Fsp3) is 0.290. The molecule has 0 aliphatic heterocycles. The van der Waals surface area contributed by atoms with Gasteiger partial charge in [-0.3, -0.25) is 14.4 Å². The number of anilines is 3. The van der Waals surface area contributed by atoms with E-state index in [1.165, 1.54) is 14.2 Å². The van der Waals surface area contributed by atoms with Crippen LogP contribution in [0.25, 0.3) is 0 Å². The zero-order valence-corrected chi connectivity index (χ0v) is 24.9. The van der Waals surface area contributed by atoms with E-state index in [1.807, 2.05) is 39.0 Å². The number of rotatable bonds is 12. The molecule has 0 bridgehead atoms. The van der Waals surface area contributed by atoms with Crippen LogP contribution in [0.4, 0.5) is 21.9 Å². The van der Waals surface area contributed by atoms with Crippen LogP contribution in [-0.2, 0) is 14.4 Å². The normalized spacial score (nSPS) is 11.5. The van der Waals surface area contributed by atoms with Crippen molar-refractivity contribution in [3.05, 3.63) is 77.9 Å². The predicted octanol–water partition coefficient (Wildman–Crippen LogP) is 4.67. The van der Waals surface area contributed by atoms with Crippen LogP contribution < -0.4 is 36.5 Å². The third kappa shape index (κ3) is 10.7. The van der Waals surface area contributed by atoms with Crippen molar-refractivity contribution in [1.82, 2.24) is 5.32 Å². The van der Waals surface area contributed by atoms with Crippen LogP contribution in [0.3, 0.4) is 0 Å². The fourth-order valence-corrected chi connectivity index (χ4v) is 3.91. The number of methoxy groups -OCH3 is 2. The molecule has 0 aliphatic carbocycles. The lowest BCUT2D eigenvalue weighted by atomic mass is 10.0. The Morgan fingerprint density at radius 2 is 1.42 bits per heavy atom. The van der Waals surface area contributed by atoms with Crippen molar-refractivity contribution in [3.63, 3.8) is 0 Å². The first kappa shape index (κ1) is 34.1. The van der Waals surface area contributed by atoms with Crippen molar-refractivity contribution in [3.8, 4) is 11.5 Å². The fourth-order valence-electron chi connectivity index (χ4n) is 3.91. The highest BCUT2D eigenvalue weighted by Gasteiger charge is 2.24. The van der Waals surface area contributed by atoms with Crippen LogP contribution in [0.15, 0.2) is 66.7 Å². The molecule has 4 amide bonds. The molecule has 7 N–H and O–H groups in total. The Kier molecular flexibility index (Phi) is 13.5. The van der Waals surface area contributed by atoms with Gasteiger partial charge in [-0.1, -0.05) is 38.1 Å². The van der Waals surface area contributed by atoms with Gasteiger partial charge in [-0.15, -0.1) is 0 Å². The predicted molar refractivity (Wildman–Crippen MR) is 166 cm³/mol. The molecule has 0 fully saturated rings. The van der Waals surface area contributed by atoms with Gasteiger partial charge in [-0.05, 0) is 60.5 Å². The molecular weight excluding hydrogens is 554 g/mol. The Morgan fingerprint density at radius 3 is 2.00 bits per heavy atom. The van der Waals surface area contributed by atoms with Gasteiger partial charge in [0.1, 0.15) is 0 Å². The first-order chi connectivity index (χ1) is 20.6. The van der Waals surface area contributed by atoms with E-state index >= 15 is 0 Å². The highest BCUT2D eigenvalue weighted by molar-refractivity contribution is 6.00. The lowest BCUT2D eigenvalue weighted by Crippen LogP contribution is -2.44. The Bertz CT molecular complexity index is 1400. The van der Waals surface area contributed by atoms with Gasteiger partial charge < -0.3 is 41.6 Å². The van der Waals surface area contributed by atoms with Gasteiger partial charge in [0.25, 0.3) is 0 Å². The first-order valence-electron chi connectivity index (χ1n) is 13.6. The summed E-state index contributed by atoms with van der Waals surface area (Å²) in [5, 5.41) is 20.1. The topological polar surface area (TPSA) is 181 Å². The van der Waals surface area contributed by atoms with Gasteiger partial charge >= 0.3 is 12.0 Å². The zero-order valence-electron chi connectivity index (χ0n) is 24.9. The average Bonchev–Trinajstić information content (AvgIpc) is 2.99. The number of ether oxygens (including phenoxy) is 2. The standard InChI is InChI=1S/C29H33N5O7.C2H6/c1-17-6-4-5-7-22(17)34-29(39)32-20-11-9-19(10-12-20)31-26(35)15-21(30)28(38)33-23(16-27(36)37)18-8-13-24(40-2)25(14-18)41-3;1-2/h4-14,21,23H,15-16,30H2,1-3H3,(H,31,35)(H,33,38)(H,36,37)(H2,32,34,39);1-2H3/t21?,23-;/m0./s1. The van der Waals surface area contributed by atoms with E-state index in [0.29, 0.717) is 34.1 Å². The highest BCUT2D eigenvalue weighted by atomic mass is 16.5. The second-order valence-corrected chi connectivity index (χ2v) is 9.10. The molecule has 230 valence electrons. The number of hydrogen-bond acceptors (Lipinski definition) is 7. The summed E-state index contributed by atoms with van der Waals surface area (Å²) in [6.45, 7) is 5.88. The van der Waals surface area contributed by atoms with Crippen molar-refractivity contribution in [1.29, 1.82) is 0 Å². The van der Waals surface area contributed by atoms with Crippen LogP contribution in [0, 0.1) is 6.92 Å². The number of nitrogens with one attached hydrogen (secondary N) is 4. The smallest absolute Gasteiger partial charge is 0.323 e. The van der Waals surface area contributed by atoms with Gasteiger partial charge in [-0.2, -0.15) is 0 Å². The van der Waals surface area contributed by atoms with Crippen LogP contribution >= 0.6 is 0 Å². The van der Waals surface area contributed by atoms with E-state index < -0.39 is 42.3 Å². The molecule has 0 saturated heterocycles. The number of carbonyl (C=O) groups excluding carboxylic acids is 3. The number of nitrogens with two attached hydrogens (primary N) is 1. The van der Waals surface area contributed by atoms with Crippen molar-refractivity contribution in [2.75, 3.05) is 30.2 Å². The van der Waals surface area contributed by atoms with Crippen LogP contribution in [0.1, 0.15) is 43.9 Å². The van der Waals surface area contributed by atoms with E-state index in [1.54, 1.807) is 48.5 Å². The summed E-state index contributed by atoms with van der Waals surface area (Å²) in [6.07, 6.45) is -0.764. The molecule has 3 aromatic carbocycles. The molecule has 0 saturated carbocycles. The molecule has 0 heterocycles. The summed E-state index contributed by atoms with van der Waals surface area (Å²) in [4.78, 5) is 49.0. The quantitative estimate of drug-likeness (QED) is 0.175. The minimum absolute atomic E-state index is 0.351. The largest absolute Gasteiger partial charge is 0.493 e. The number of aliphatic carboxylic acids is 1. The van der Waals surface area contributed by atoms with Crippen molar-refractivity contribution in [2.45, 2.75) is 45.7 Å². The highest BCUT2D eigenvalue weighted by Crippen LogP contribution is 2.31. The minimum atomic E-state index is -1.24.